The van der Waals surface area contributed by atoms with E-state index in [-0.39, 0.29) is 0 Å². The molecule has 0 unspecified atom stereocenters. The van der Waals surface area contributed by atoms with Gasteiger partial charge in [0.1, 0.15) is 5.52 Å². The molecular formula is C8H6N4O. The highest BCUT2D eigenvalue weighted by Crippen LogP contribution is 2.17. The molecule has 0 fully saturated rings. The van der Waals surface area contributed by atoms with Crippen molar-refractivity contribution >= 4 is 22.8 Å². The molecule has 0 atom stereocenters. The number of isocyanates is 1. The zero-order valence-corrected chi connectivity index (χ0v) is 6.93. The summed E-state index contributed by atoms with van der Waals surface area (Å²) in [7, 11) is 1.78. The molecule has 13 heavy (non-hydrogen) atoms. The summed E-state index contributed by atoms with van der Waals surface area (Å²) in [6, 6.07) is 5.20. The normalized spacial score (nSPS) is 9.92. The third kappa shape index (κ3) is 1.21. The standard InChI is InChI=1S/C8H6N4O/c1-12-8-4-6(9-5-13)2-3-7(8)10-11-12/h2-4H,1H3. The largest absolute Gasteiger partial charge is 0.248 e. The number of rotatable bonds is 1. The first-order valence-electron chi connectivity index (χ1n) is 3.68. The van der Waals surface area contributed by atoms with Gasteiger partial charge in [0, 0.05) is 7.05 Å². The van der Waals surface area contributed by atoms with E-state index in [4.69, 9.17) is 0 Å². The maximum Gasteiger partial charge on any atom is 0.240 e. The van der Waals surface area contributed by atoms with Crippen molar-refractivity contribution in [2.24, 2.45) is 12.0 Å². The van der Waals surface area contributed by atoms with Crippen molar-refractivity contribution in [3.8, 4) is 0 Å². The fourth-order valence-electron chi connectivity index (χ4n) is 1.14. The van der Waals surface area contributed by atoms with Crippen LogP contribution in [-0.4, -0.2) is 21.1 Å². The van der Waals surface area contributed by atoms with Gasteiger partial charge < -0.3 is 0 Å². The van der Waals surface area contributed by atoms with Crippen LogP contribution in [0.15, 0.2) is 23.2 Å². The zero-order valence-electron chi connectivity index (χ0n) is 6.93. The van der Waals surface area contributed by atoms with E-state index in [0.29, 0.717) is 5.69 Å². The van der Waals surface area contributed by atoms with E-state index >= 15 is 0 Å². The van der Waals surface area contributed by atoms with Crippen LogP contribution in [0.3, 0.4) is 0 Å². The first-order valence-corrected chi connectivity index (χ1v) is 3.68. The maximum atomic E-state index is 10.0. The van der Waals surface area contributed by atoms with Crippen LogP contribution in [0.25, 0.3) is 11.0 Å². The summed E-state index contributed by atoms with van der Waals surface area (Å²) in [6.07, 6.45) is 1.49. The van der Waals surface area contributed by atoms with Gasteiger partial charge in [0.15, 0.2) is 0 Å². The Balaban J connectivity index is 2.72. The molecule has 1 heterocycles. The van der Waals surface area contributed by atoms with Gasteiger partial charge in [-0.25, -0.2) is 9.48 Å². The van der Waals surface area contributed by atoms with Crippen LogP contribution in [0.2, 0.25) is 0 Å². The van der Waals surface area contributed by atoms with Crippen molar-refractivity contribution in [2.45, 2.75) is 0 Å². The summed E-state index contributed by atoms with van der Waals surface area (Å²) < 4.78 is 1.62. The average Bonchev–Trinajstić information content (AvgIpc) is 2.49. The Hall–Kier alpha value is -2.00. The van der Waals surface area contributed by atoms with Crippen molar-refractivity contribution in [2.75, 3.05) is 0 Å². The molecule has 5 heteroatoms. The van der Waals surface area contributed by atoms with Crippen LogP contribution in [0.1, 0.15) is 0 Å². The van der Waals surface area contributed by atoms with Crippen molar-refractivity contribution in [1.82, 2.24) is 15.0 Å². The average molecular weight is 174 g/mol. The fourth-order valence-corrected chi connectivity index (χ4v) is 1.14. The number of carbonyl (C=O) groups excluding carboxylic acids is 1. The molecule has 0 aliphatic heterocycles. The SMILES string of the molecule is Cn1nnc2ccc(N=C=O)cc21. The molecule has 0 N–H and O–H groups in total. The number of hydrogen-bond acceptors (Lipinski definition) is 4. The van der Waals surface area contributed by atoms with Gasteiger partial charge in [0.05, 0.1) is 11.2 Å². The number of benzene rings is 1. The zero-order chi connectivity index (χ0) is 9.26. The Labute approximate surface area is 73.7 Å². The Bertz CT molecular complexity index is 496. The second kappa shape index (κ2) is 2.80. The van der Waals surface area contributed by atoms with Gasteiger partial charge >= 0.3 is 0 Å². The predicted octanol–water partition coefficient (Wildman–Crippen LogP) is 0.936. The molecule has 1 aromatic carbocycles. The number of aliphatic imine (C=N–C) groups is 1. The highest BCUT2D eigenvalue weighted by atomic mass is 16.1. The topological polar surface area (TPSA) is 60.1 Å². The van der Waals surface area contributed by atoms with Crippen LogP contribution in [-0.2, 0) is 11.8 Å². The number of aryl methyl sites for hydroxylation is 1. The minimum atomic E-state index is 0.563. The van der Waals surface area contributed by atoms with E-state index in [1.807, 2.05) is 0 Å². The molecular weight excluding hydrogens is 168 g/mol. The minimum Gasteiger partial charge on any atom is -0.248 e. The molecule has 0 aliphatic rings. The molecule has 0 saturated carbocycles. The highest BCUT2D eigenvalue weighted by Gasteiger charge is 2.00. The van der Waals surface area contributed by atoms with Gasteiger partial charge in [-0.05, 0) is 18.2 Å². The lowest BCUT2D eigenvalue weighted by atomic mass is 10.3. The highest BCUT2D eigenvalue weighted by molar-refractivity contribution is 5.78. The summed E-state index contributed by atoms with van der Waals surface area (Å²) in [5.41, 5.74) is 2.19. The predicted molar refractivity (Wildman–Crippen MR) is 46.3 cm³/mol. The molecule has 0 radical (unpaired) electrons. The summed E-state index contributed by atoms with van der Waals surface area (Å²) in [5.74, 6) is 0. The van der Waals surface area contributed by atoms with E-state index in [9.17, 15) is 4.79 Å². The number of aromatic nitrogens is 3. The molecule has 0 spiro atoms. The third-order valence-corrected chi connectivity index (χ3v) is 1.77. The van der Waals surface area contributed by atoms with E-state index < -0.39 is 0 Å². The fraction of sp³-hybridized carbons (Fsp3) is 0.125. The second-order valence-electron chi connectivity index (χ2n) is 2.59. The van der Waals surface area contributed by atoms with Gasteiger partial charge in [-0.1, -0.05) is 5.21 Å². The molecule has 5 nitrogen and oxygen atoms in total. The first-order chi connectivity index (χ1) is 6.31. The van der Waals surface area contributed by atoms with Gasteiger partial charge in [0.25, 0.3) is 0 Å². The van der Waals surface area contributed by atoms with Crippen molar-refractivity contribution in [3.63, 3.8) is 0 Å². The Morgan fingerprint density at radius 1 is 1.54 bits per heavy atom. The van der Waals surface area contributed by atoms with Crippen LogP contribution in [0.4, 0.5) is 5.69 Å². The van der Waals surface area contributed by atoms with E-state index in [1.165, 1.54) is 6.08 Å². The maximum absolute atomic E-state index is 10.0. The van der Waals surface area contributed by atoms with E-state index in [0.717, 1.165) is 11.0 Å². The van der Waals surface area contributed by atoms with Gasteiger partial charge in [-0.15, -0.1) is 5.10 Å². The summed E-state index contributed by atoms with van der Waals surface area (Å²) in [5, 5.41) is 7.72. The van der Waals surface area contributed by atoms with Crippen molar-refractivity contribution < 1.29 is 4.79 Å². The lowest BCUT2D eigenvalue weighted by Gasteiger charge is -1.92. The summed E-state index contributed by atoms with van der Waals surface area (Å²) in [6.45, 7) is 0. The Morgan fingerprint density at radius 3 is 3.15 bits per heavy atom. The molecule has 0 amide bonds. The molecule has 2 aromatic rings. The van der Waals surface area contributed by atoms with Gasteiger partial charge in [-0.2, -0.15) is 4.99 Å². The van der Waals surface area contributed by atoms with Gasteiger partial charge in [0.2, 0.25) is 6.08 Å². The number of nitrogens with zero attached hydrogens (tertiary/aromatic N) is 4. The van der Waals surface area contributed by atoms with Crippen LogP contribution in [0.5, 0.6) is 0 Å². The molecule has 2 rings (SSSR count). The lowest BCUT2D eigenvalue weighted by Crippen LogP contribution is -1.88. The smallest absolute Gasteiger partial charge is 0.240 e. The molecule has 64 valence electrons. The number of fused-ring (bicyclic) bond motifs is 1. The van der Waals surface area contributed by atoms with Gasteiger partial charge in [-0.3, -0.25) is 0 Å². The lowest BCUT2D eigenvalue weighted by molar-refractivity contribution is 0.565. The van der Waals surface area contributed by atoms with Crippen molar-refractivity contribution in [3.05, 3.63) is 18.2 Å². The van der Waals surface area contributed by atoms with Crippen molar-refractivity contribution in [1.29, 1.82) is 0 Å². The summed E-state index contributed by atoms with van der Waals surface area (Å²) >= 11 is 0. The molecule has 1 aromatic heterocycles. The minimum absolute atomic E-state index is 0.563. The van der Waals surface area contributed by atoms with Crippen LogP contribution < -0.4 is 0 Å². The monoisotopic (exact) mass is 174 g/mol. The molecule has 0 aliphatic carbocycles. The summed E-state index contributed by atoms with van der Waals surface area (Å²) in [4.78, 5) is 13.5. The van der Waals surface area contributed by atoms with E-state index in [2.05, 4.69) is 15.3 Å². The molecule has 0 saturated heterocycles. The molecule has 0 bridgehead atoms. The third-order valence-electron chi connectivity index (χ3n) is 1.77. The van der Waals surface area contributed by atoms with Crippen LogP contribution in [0, 0.1) is 0 Å². The Kier molecular flexibility index (Phi) is 1.65. The quantitative estimate of drug-likeness (QED) is 0.477. The van der Waals surface area contributed by atoms with E-state index in [1.54, 1.807) is 29.9 Å². The number of hydrogen-bond donors (Lipinski definition) is 0. The second-order valence-corrected chi connectivity index (χ2v) is 2.59. The first kappa shape index (κ1) is 7.64. The Morgan fingerprint density at radius 2 is 2.38 bits per heavy atom. The van der Waals surface area contributed by atoms with Crippen LogP contribution >= 0.6 is 0 Å².